The second-order valence-corrected chi connectivity index (χ2v) is 6.01. The van der Waals surface area contributed by atoms with Gasteiger partial charge in [-0.15, -0.1) is 0 Å². The number of hydrazone groups is 1. The van der Waals surface area contributed by atoms with E-state index in [1.807, 2.05) is 37.3 Å². The van der Waals surface area contributed by atoms with E-state index in [9.17, 15) is 9.59 Å². The third-order valence-corrected chi connectivity index (χ3v) is 3.87. The quantitative estimate of drug-likeness (QED) is 0.535. The summed E-state index contributed by atoms with van der Waals surface area (Å²) in [4.78, 5) is 24.2. The fourth-order valence-corrected chi connectivity index (χ4v) is 2.42. The van der Waals surface area contributed by atoms with Crippen molar-refractivity contribution in [3.63, 3.8) is 0 Å². The lowest BCUT2D eigenvalue weighted by molar-refractivity contribution is 0.0954. The largest absolute Gasteiger partial charge is 0.322 e. The molecule has 5 nitrogen and oxygen atoms in total. The van der Waals surface area contributed by atoms with Gasteiger partial charge in [-0.2, -0.15) is 5.10 Å². The highest BCUT2D eigenvalue weighted by molar-refractivity contribution is 6.04. The van der Waals surface area contributed by atoms with Gasteiger partial charge in [-0.1, -0.05) is 48.0 Å². The van der Waals surface area contributed by atoms with E-state index in [-0.39, 0.29) is 11.8 Å². The molecule has 0 unspecified atom stereocenters. The Hall–Kier alpha value is -3.73. The van der Waals surface area contributed by atoms with Crippen LogP contribution in [-0.4, -0.2) is 18.0 Å². The number of rotatable bonds is 5. The molecule has 27 heavy (non-hydrogen) atoms. The molecule has 0 aromatic heterocycles. The molecule has 0 radical (unpaired) electrons. The van der Waals surface area contributed by atoms with E-state index in [4.69, 9.17) is 0 Å². The maximum Gasteiger partial charge on any atom is 0.271 e. The van der Waals surface area contributed by atoms with Gasteiger partial charge in [-0.25, -0.2) is 5.43 Å². The van der Waals surface area contributed by atoms with Crippen molar-refractivity contribution in [2.75, 3.05) is 5.32 Å². The lowest BCUT2D eigenvalue weighted by atomic mass is 10.1. The van der Waals surface area contributed by atoms with Crippen molar-refractivity contribution >= 4 is 23.7 Å². The van der Waals surface area contributed by atoms with Crippen LogP contribution in [0.25, 0.3) is 0 Å². The number of hydrogen-bond donors (Lipinski definition) is 2. The number of carbonyl (C=O) groups excluding carboxylic acids is 2. The molecule has 0 aliphatic heterocycles. The Balaban J connectivity index is 1.62. The Morgan fingerprint density at radius 2 is 1.52 bits per heavy atom. The zero-order chi connectivity index (χ0) is 19.1. The average molecular weight is 357 g/mol. The summed E-state index contributed by atoms with van der Waals surface area (Å²) in [6.45, 7) is 1.97. The van der Waals surface area contributed by atoms with Gasteiger partial charge < -0.3 is 5.32 Å². The molecule has 0 spiro atoms. The first-order chi connectivity index (χ1) is 13.1. The third-order valence-electron chi connectivity index (χ3n) is 3.87. The lowest BCUT2D eigenvalue weighted by Gasteiger charge is -2.06. The highest BCUT2D eigenvalue weighted by Gasteiger charge is 2.06. The normalized spacial score (nSPS) is 10.6. The second kappa shape index (κ2) is 8.58. The Labute approximate surface area is 157 Å². The summed E-state index contributed by atoms with van der Waals surface area (Å²) in [5.41, 5.74) is 6.12. The van der Waals surface area contributed by atoms with Gasteiger partial charge in [0, 0.05) is 16.8 Å². The molecule has 0 aliphatic rings. The first kappa shape index (κ1) is 18.1. The zero-order valence-electron chi connectivity index (χ0n) is 14.8. The molecule has 0 saturated heterocycles. The molecule has 0 saturated carbocycles. The van der Waals surface area contributed by atoms with Crippen molar-refractivity contribution in [2.45, 2.75) is 6.92 Å². The second-order valence-electron chi connectivity index (χ2n) is 6.01. The lowest BCUT2D eigenvalue weighted by Crippen LogP contribution is -2.17. The van der Waals surface area contributed by atoms with Crippen LogP contribution >= 0.6 is 0 Å². The number of nitrogens with zero attached hydrogens (tertiary/aromatic N) is 1. The average Bonchev–Trinajstić information content (AvgIpc) is 2.69. The third kappa shape index (κ3) is 5.12. The Bertz CT molecular complexity index is 964. The predicted octanol–water partition coefficient (Wildman–Crippen LogP) is 4.01. The van der Waals surface area contributed by atoms with Gasteiger partial charge in [-0.05, 0) is 48.9 Å². The first-order valence-corrected chi connectivity index (χ1v) is 8.48. The summed E-state index contributed by atoms with van der Waals surface area (Å²) in [6, 6.07) is 23.4. The van der Waals surface area contributed by atoms with Crippen LogP contribution in [0.15, 0.2) is 84.0 Å². The monoisotopic (exact) mass is 357 g/mol. The fourth-order valence-electron chi connectivity index (χ4n) is 2.42. The Kier molecular flexibility index (Phi) is 5.74. The standard InChI is InChI=1S/C22H19N3O2/c1-16-10-12-19(13-11-16)21(26)24-20-9-5-6-17(14-20)15-23-25-22(27)18-7-3-2-4-8-18/h2-15H,1H3,(H,24,26)(H,25,27)/b23-15-. The van der Waals surface area contributed by atoms with Crippen molar-refractivity contribution in [3.05, 3.63) is 101 Å². The molecule has 2 amide bonds. The maximum atomic E-state index is 12.3. The smallest absolute Gasteiger partial charge is 0.271 e. The molecule has 0 aliphatic carbocycles. The van der Waals surface area contributed by atoms with Crippen LogP contribution < -0.4 is 10.7 Å². The summed E-state index contributed by atoms with van der Waals surface area (Å²) < 4.78 is 0. The van der Waals surface area contributed by atoms with Crippen molar-refractivity contribution in [3.8, 4) is 0 Å². The summed E-state index contributed by atoms with van der Waals surface area (Å²) in [6.07, 6.45) is 1.53. The molecule has 5 heteroatoms. The molecule has 3 rings (SSSR count). The zero-order valence-corrected chi connectivity index (χ0v) is 14.8. The molecule has 134 valence electrons. The molecule has 3 aromatic carbocycles. The highest BCUT2D eigenvalue weighted by atomic mass is 16.2. The topological polar surface area (TPSA) is 70.6 Å². The van der Waals surface area contributed by atoms with Gasteiger partial charge >= 0.3 is 0 Å². The van der Waals surface area contributed by atoms with Crippen LogP contribution in [0.3, 0.4) is 0 Å². The van der Waals surface area contributed by atoms with Gasteiger partial charge in [0.15, 0.2) is 0 Å². The fraction of sp³-hybridized carbons (Fsp3) is 0.0455. The Morgan fingerprint density at radius 1 is 0.815 bits per heavy atom. The number of benzene rings is 3. The molecular weight excluding hydrogens is 338 g/mol. The van der Waals surface area contributed by atoms with E-state index < -0.39 is 0 Å². The predicted molar refractivity (Wildman–Crippen MR) is 107 cm³/mol. The van der Waals surface area contributed by atoms with Crippen molar-refractivity contribution < 1.29 is 9.59 Å². The molecule has 0 fully saturated rings. The highest BCUT2D eigenvalue weighted by Crippen LogP contribution is 2.12. The number of nitrogens with one attached hydrogen (secondary N) is 2. The van der Waals surface area contributed by atoms with E-state index >= 15 is 0 Å². The van der Waals surface area contributed by atoms with E-state index in [1.165, 1.54) is 6.21 Å². The van der Waals surface area contributed by atoms with Crippen molar-refractivity contribution in [1.29, 1.82) is 0 Å². The minimum Gasteiger partial charge on any atom is -0.322 e. The van der Waals surface area contributed by atoms with Gasteiger partial charge in [0.1, 0.15) is 0 Å². The van der Waals surface area contributed by atoms with E-state index in [0.717, 1.165) is 11.1 Å². The van der Waals surface area contributed by atoms with Gasteiger partial charge in [-0.3, -0.25) is 9.59 Å². The number of carbonyl (C=O) groups is 2. The first-order valence-electron chi connectivity index (χ1n) is 8.48. The molecule has 0 atom stereocenters. The Morgan fingerprint density at radius 3 is 2.26 bits per heavy atom. The minimum absolute atomic E-state index is 0.179. The van der Waals surface area contributed by atoms with Crippen molar-refractivity contribution in [2.24, 2.45) is 5.10 Å². The number of anilines is 1. The van der Waals surface area contributed by atoms with E-state index in [2.05, 4.69) is 15.8 Å². The minimum atomic E-state index is -0.282. The number of amides is 2. The molecule has 3 aromatic rings. The van der Waals surface area contributed by atoms with Crippen LogP contribution in [0.2, 0.25) is 0 Å². The number of hydrogen-bond acceptors (Lipinski definition) is 3. The van der Waals surface area contributed by atoms with Crippen LogP contribution in [-0.2, 0) is 0 Å². The van der Waals surface area contributed by atoms with Crippen LogP contribution in [0.4, 0.5) is 5.69 Å². The maximum absolute atomic E-state index is 12.3. The SMILES string of the molecule is Cc1ccc(C(=O)Nc2cccc(/C=N\NC(=O)c3ccccc3)c2)cc1. The van der Waals surface area contributed by atoms with Crippen molar-refractivity contribution in [1.82, 2.24) is 5.43 Å². The summed E-state index contributed by atoms with van der Waals surface area (Å²) in [7, 11) is 0. The van der Waals surface area contributed by atoms with Gasteiger partial charge in [0.25, 0.3) is 11.8 Å². The number of aryl methyl sites for hydroxylation is 1. The van der Waals surface area contributed by atoms with Crippen LogP contribution in [0.5, 0.6) is 0 Å². The molecule has 2 N–H and O–H groups in total. The van der Waals surface area contributed by atoms with Crippen LogP contribution in [0.1, 0.15) is 31.8 Å². The van der Waals surface area contributed by atoms with E-state index in [0.29, 0.717) is 16.8 Å². The summed E-state index contributed by atoms with van der Waals surface area (Å²) >= 11 is 0. The summed E-state index contributed by atoms with van der Waals surface area (Å²) in [5, 5.41) is 6.82. The van der Waals surface area contributed by atoms with Crippen LogP contribution in [0, 0.1) is 6.92 Å². The summed E-state index contributed by atoms with van der Waals surface area (Å²) in [5.74, 6) is -0.461. The van der Waals surface area contributed by atoms with Gasteiger partial charge in [0.05, 0.1) is 6.21 Å². The van der Waals surface area contributed by atoms with Gasteiger partial charge in [0.2, 0.25) is 0 Å². The molecular formula is C22H19N3O2. The molecule has 0 heterocycles. The van der Waals surface area contributed by atoms with E-state index in [1.54, 1.807) is 48.5 Å². The molecule has 0 bridgehead atoms.